The first kappa shape index (κ1) is 21.9. The molecule has 0 radical (unpaired) electrons. The Kier molecular flexibility index (Phi) is 6.13. The third-order valence-corrected chi connectivity index (χ3v) is 6.05. The van der Waals surface area contributed by atoms with Gasteiger partial charge in [0.05, 0.1) is 5.56 Å². The van der Waals surface area contributed by atoms with Crippen molar-refractivity contribution in [1.29, 1.82) is 0 Å². The highest BCUT2D eigenvalue weighted by molar-refractivity contribution is 5.76. The quantitative estimate of drug-likeness (QED) is 0.448. The van der Waals surface area contributed by atoms with Crippen molar-refractivity contribution in [3.05, 3.63) is 60.3 Å². The summed E-state index contributed by atoms with van der Waals surface area (Å²) in [5.74, 6) is 0.592. The number of ether oxygens (including phenoxy) is 1. The maximum absolute atomic E-state index is 15.4. The number of hydrogen-bond donors (Lipinski definition) is 1. The standard InChI is InChI=1S/C24H25FN8O/c1-16-21(34-13-12-32-10-2-3-11-32)5-4-20(22(16)25)33-24(29-30-31-33)19-14-18(15-28-23(19)26)17-6-8-27-9-7-17/h4-9,14-15H,2-3,10-13H2,1H3,(H2,26,28). The maximum atomic E-state index is 15.4. The number of rotatable bonds is 7. The molecule has 0 unspecified atom stereocenters. The van der Waals surface area contributed by atoms with Crippen LogP contribution in [0.2, 0.25) is 0 Å². The fourth-order valence-electron chi connectivity index (χ4n) is 4.14. The molecule has 1 aliphatic heterocycles. The smallest absolute Gasteiger partial charge is 0.190 e. The molecule has 2 N–H and O–H groups in total. The summed E-state index contributed by atoms with van der Waals surface area (Å²) in [7, 11) is 0. The van der Waals surface area contributed by atoms with Gasteiger partial charge in [-0.05, 0) is 79.2 Å². The highest BCUT2D eigenvalue weighted by atomic mass is 19.1. The van der Waals surface area contributed by atoms with Crippen LogP contribution in [0.5, 0.6) is 5.75 Å². The predicted molar refractivity (Wildman–Crippen MR) is 126 cm³/mol. The summed E-state index contributed by atoms with van der Waals surface area (Å²) in [5.41, 5.74) is 9.00. The molecule has 3 aromatic heterocycles. The van der Waals surface area contributed by atoms with Gasteiger partial charge in [-0.1, -0.05) is 0 Å². The summed E-state index contributed by atoms with van der Waals surface area (Å²) < 4.78 is 22.6. The van der Waals surface area contributed by atoms with E-state index in [0.717, 1.165) is 30.8 Å². The molecule has 1 aliphatic rings. The minimum atomic E-state index is -0.455. The molecule has 34 heavy (non-hydrogen) atoms. The lowest BCUT2D eigenvalue weighted by molar-refractivity contribution is 0.236. The summed E-state index contributed by atoms with van der Waals surface area (Å²) in [6.45, 7) is 5.23. The Morgan fingerprint density at radius 1 is 1.09 bits per heavy atom. The van der Waals surface area contributed by atoms with Crippen molar-refractivity contribution < 1.29 is 9.13 Å². The highest BCUT2D eigenvalue weighted by Gasteiger charge is 2.20. The molecule has 0 aliphatic carbocycles. The van der Waals surface area contributed by atoms with Gasteiger partial charge in [0.15, 0.2) is 11.6 Å². The highest BCUT2D eigenvalue weighted by Crippen LogP contribution is 2.31. The van der Waals surface area contributed by atoms with E-state index >= 15 is 4.39 Å². The summed E-state index contributed by atoms with van der Waals surface area (Å²) in [6, 6.07) is 8.93. The lowest BCUT2D eigenvalue weighted by Gasteiger charge is -2.17. The number of halogens is 1. The average Bonchev–Trinajstić information content (AvgIpc) is 3.55. The van der Waals surface area contributed by atoms with Gasteiger partial charge < -0.3 is 10.5 Å². The molecule has 4 heterocycles. The number of hydrogen-bond acceptors (Lipinski definition) is 8. The molecule has 10 heteroatoms. The molecule has 174 valence electrons. The molecule has 1 aromatic carbocycles. The van der Waals surface area contributed by atoms with Crippen molar-refractivity contribution >= 4 is 5.82 Å². The number of nitrogen functional groups attached to an aromatic ring is 1. The number of nitrogens with zero attached hydrogens (tertiary/aromatic N) is 7. The third kappa shape index (κ3) is 4.32. The number of benzene rings is 1. The molecule has 1 saturated heterocycles. The molecule has 0 atom stereocenters. The van der Waals surface area contributed by atoms with Crippen LogP contribution < -0.4 is 10.5 Å². The van der Waals surface area contributed by atoms with Crippen molar-refractivity contribution in [2.45, 2.75) is 19.8 Å². The van der Waals surface area contributed by atoms with E-state index < -0.39 is 5.82 Å². The van der Waals surface area contributed by atoms with Gasteiger partial charge in [0.2, 0.25) is 0 Å². The molecule has 9 nitrogen and oxygen atoms in total. The molecule has 1 fully saturated rings. The Bertz CT molecular complexity index is 1290. The van der Waals surface area contributed by atoms with Crippen LogP contribution in [0.25, 0.3) is 28.2 Å². The number of anilines is 1. The van der Waals surface area contributed by atoms with Crippen molar-refractivity contribution in [2.75, 3.05) is 32.0 Å². The van der Waals surface area contributed by atoms with E-state index in [1.807, 2.05) is 18.2 Å². The van der Waals surface area contributed by atoms with Crippen LogP contribution in [0.4, 0.5) is 10.2 Å². The summed E-state index contributed by atoms with van der Waals surface area (Å²) in [6.07, 6.45) is 7.51. The van der Waals surface area contributed by atoms with Gasteiger partial charge in [0, 0.05) is 36.3 Å². The zero-order valence-corrected chi connectivity index (χ0v) is 18.9. The third-order valence-electron chi connectivity index (χ3n) is 6.05. The molecule has 0 saturated carbocycles. The Balaban J connectivity index is 1.43. The van der Waals surface area contributed by atoms with Crippen molar-refractivity contribution in [3.63, 3.8) is 0 Å². The second-order valence-corrected chi connectivity index (χ2v) is 8.23. The molecule has 4 aromatic rings. The number of likely N-dealkylation sites (tertiary alicyclic amines) is 1. The average molecular weight is 461 g/mol. The van der Waals surface area contributed by atoms with Gasteiger partial charge in [-0.25, -0.2) is 9.37 Å². The molecule has 0 amide bonds. The van der Waals surface area contributed by atoms with Crippen LogP contribution in [-0.4, -0.2) is 61.3 Å². The lowest BCUT2D eigenvalue weighted by Crippen LogP contribution is -2.25. The fourth-order valence-corrected chi connectivity index (χ4v) is 4.14. The lowest BCUT2D eigenvalue weighted by atomic mass is 10.1. The Hall–Kier alpha value is -3.92. The Labute approximate surface area is 196 Å². The van der Waals surface area contributed by atoms with Crippen LogP contribution in [0.3, 0.4) is 0 Å². The van der Waals surface area contributed by atoms with Crippen LogP contribution in [-0.2, 0) is 0 Å². The van der Waals surface area contributed by atoms with Crippen LogP contribution in [0, 0.1) is 12.7 Å². The van der Waals surface area contributed by atoms with Gasteiger partial charge in [0.1, 0.15) is 23.9 Å². The van der Waals surface area contributed by atoms with Gasteiger partial charge in [-0.2, -0.15) is 4.68 Å². The minimum Gasteiger partial charge on any atom is -0.492 e. The second-order valence-electron chi connectivity index (χ2n) is 8.23. The van der Waals surface area contributed by atoms with Crippen LogP contribution >= 0.6 is 0 Å². The molecular weight excluding hydrogens is 435 g/mol. The van der Waals surface area contributed by atoms with E-state index in [4.69, 9.17) is 10.5 Å². The molecule has 0 spiro atoms. The van der Waals surface area contributed by atoms with E-state index in [1.165, 1.54) is 17.5 Å². The second kappa shape index (κ2) is 9.52. The first-order valence-electron chi connectivity index (χ1n) is 11.2. The van der Waals surface area contributed by atoms with Crippen LogP contribution in [0.15, 0.2) is 48.9 Å². The van der Waals surface area contributed by atoms with E-state index in [9.17, 15) is 0 Å². The zero-order valence-electron chi connectivity index (χ0n) is 18.9. The van der Waals surface area contributed by atoms with Crippen molar-refractivity contribution in [3.8, 4) is 34.0 Å². The predicted octanol–water partition coefficient (Wildman–Crippen LogP) is 3.29. The number of aromatic nitrogens is 6. The normalized spacial score (nSPS) is 13.9. The zero-order chi connectivity index (χ0) is 23.5. The SMILES string of the molecule is Cc1c(OCCN2CCCC2)ccc(-n2nnnc2-c2cc(-c3ccncc3)cnc2N)c1F. The van der Waals surface area contributed by atoms with Crippen molar-refractivity contribution in [2.24, 2.45) is 0 Å². The van der Waals surface area contributed by atoms with Crippen molar-refractivity contribution in [1.82, 2.24) is 35.1 Å². The van der Waals surface area contributed by atoms with Gasteiger partial charge in [-0.3, -0.25) is 9.88 Å². The largest absolute Gasteiger partial charge is 0.492 e. The number of tetrazole rings is 1. The van der Waals surface area contributed by atoms with E-state index in [0.29, 0.717) is 29.3 Å². The van der Waals surface area contributed by atoms with E-state index in [-0.39, 0.29) is 11.5 Å². The fraction of sp³-hybridized carbons (Fsp3) is 0.292. The molecule has 0 bridgehead atoms. The first-order chi connectivity index (χ1) is 16.6. The Morgan fingerprint density at radius 2 is 1.88 bits per heavy atom. The van der Waals surface area contributed by atoms with Gasteiger partial charge in [0.25, 0.3) is 0 Å². The topological polar surface area (TPSA) is 108 Å². The maximum Gasteiger partial charge on any atom is 0.190 e. The Morgan fingerprint density at radius 3 is 2.68 bits per heavy atom. The molecule has 5 rings (SSSR count). The van der Waals surface area contributed by atoms with E-state index in [2.05, 4.69) is 30.4 Å². The van der Waals surface area contributed by atoms with E-state index in [1.54, 1.807) is 37.6 Å². The van der Waals surface area contributed by atoms with Gasteiger partial charge >= 0.3 is 0 Å². The summed E-state index contributed by atoms with van der Waals surface area (Å²) >= 11 is 0. The monoisotopic (exact) mass is 460 g/mol. The van der Waals surface area contributed by atoms with Crippen LogP contribution in [0.1, 0.15) is 18.4 Å². The summed E-state index contributed by atoms with van der Waals surface area (Å²) in [5, 5.41) is 11.9. The summed E-state index contributed by atoms with van der Waals surface area (Å²) in [4.78, 5) is 10.7. The number of pyridine rings is 2. The van der Waals surface area contributed by atoms with Gasteiger partial charge in [-0.15, -0.1) is 5.10 Å². The molecular formula is C24H25FN8O. The first-order valence-corrected chi connectivity index (χ1v) is 11.2. The minimum absolute atomic E-state index is 0.207. The number of nitrogens with two attached hydrogens (primary N) is 1.